The fraction of sp³-hybridized carbons (Fsp3) is 0.267. The van der Waals surface area contributed by atoms with Crippen LogP contribution in [0.5, 0.6) is 0 Å². The van der Waals surface area contributed by atoms with Gasteiger partial charge in [-0.3, -0.25) is 25.1 Å². The highest BCUT2D eigenvalue weighted by atomic mass is 35.5. The Labute approximate surface area is 155 Å². The molecule has 2 aromatic rings. The molecule has 1 aromatic carbocycles. The molecule has 0 radical (unpaired) electrons. The number of rotatable bonds is 5. The van der Waals surface area contributed by atoms with Crippen LogP contribution in [0.1, 0.15) is 21.7 Å². The lowest BCUT2D eigenvalue weighted by Crippen LogP contribution is -2.43. The summed E-state index contributed by atoms with van der Waals surface area (Å²) in [6.45, 7) is 3.55. The number of amides is 2. The molecule has 0 atom stereocenters. The van der Waals surface area contributed by atoms with E-state index in [9.17, 15) is 18.0 Å². The van der Waals surface area contributed by atoms with Gasteiger partial charge in [-0.15, -0.1) is 0 Å². The van der Waals surface area contributed by atoms with Crippen molar-refractivity contribution in [3.63, 3.8) is 0 Å². The van der Waals surface area contributed by atoms with Crippen molar-refractivity contribution in [1.29, 1.82) is 0 Å². The van der Waals surface area contributed by atoms with Crippen LogP contribution in [0, 0.1) is 13.8 Å². The van der Waals surface area contributed by atoms with E-state index < -0.39 is 21.8 Å². The van der Waals surface area contributed by atoms with Crippen molar-refractivity contribution in [3.05, 3.63) is 46.2 Å². The Balaban J connectivity index is 2.05. The third-order valence-electron chi connectivity index (χ3n) is 3.46. The Morgan fingerprint density at radius 2 is 1.88 bits per heavy atom. The number of nitrogens with zero attached hydrogens (tertiary/aromatic N) is 2. The molecule has 0 aliphatic carbocycles. The number of carbonyl (C=O) groups excluding carboxylic acids is 2. The SMILES string of the molecule is CNS(=O)(=O)c1cc(C(=O)NNC(=O)Cn2nc(C)cc2C)ccc1Cl. The molecule has 2 amide bonds. The zero-order valence-electron chi connectivity index (χ0n) is 14.3. The summed E-state index contributed by atoms with van der Waals surface area (Å²) in [5.74, 6) is -1.17. The van der Waals surface area contributed by atoms with Crippen molar-refractivity contribution in [2.24, 2.45) is 0 Å². The van der Waals surface area contributed by atoms with Crippen molar-refractivity contribution in [3.8, 4) is 0 Å². The van der Waals surface area contributed by atoms with Crippen LogP contribution in [-0.4, -0.2) is 37.1 Å². The predicted molar refractivity (Wildman–Crippen MR) is 95.0 cm³/mol. The van der Waals surface area contributed by atoms with Crippen molar-refractivity contribution >= 4 is 33.4 Å². The van der Waals surface area contributed by atoms with Crippen LogP contribution >= 0.6 is 11.6 Å². The largest absolute Gasteiger partial charge is 0.271 e. The first-order valence-electron chi connectivity index (χ1n) is 7.47. The van der Waals surface area contributed by atoms with Crippen LogP contribution in [0.3, 0.4) is 0 Å². The summed E-state index contributed by atoms with van der Waals surface area (Å²) in [4.78, 5) is 23.8. The van der Waals surface area contributed by atoms with Gasteiger partial charge in [0.05, 0.1) is 10.7 Å². The maximum Gasteiger partial charge on any atom is 0.269 e. The number of hydrogen-bond acceptors (Lipinski definition) is 5. The summed E-state index contributed by atoms with van der Waals surface area (Å²) >= 11 is 5.87. The zero-order valence-corrected chi connectivity index (χ0v) is 15.9. The van der Waals surface area contributed by atoms with E-state index in [1.807, 2.05) is 13.0 Å². The zero-order chi connectivity index (χ0) is 19.5. The van der Waals surface area contributed by atoms with Crippen molar-refractivity contribution in [2.75, 3.05) is 7.05 Å². The minimum atomic E-state index is -3.82. The molecular weight excluding hydrogens is 382 g/mol. The van der Waals surface area contributed by atoms with E-state index in [2.05, 4.69) is 20.7 Å². The van der Waals surface area contributed by atoms with Gasteiger partial charge in [0.15, 0.2) is 0 Å². The number of nitrogens with one attached hydrogen (secondary N) is 3. The van der Waals surface area contributed by atoms with E-state index in [-0.39, 0.29) is 22.0 Å². The summed E-state index contributed by atoms with van der Waals surface area (Å²) in [5, 5.41) is 4.12. The van der Waals surface area contributed by atoms with Gasteiger partial charge in [0.1, 0.15) is 11.4 Å². The van der Waals surface area contributed by atoms with E-state index in [4.69, 9.17) is 11.6 Å². The van der Waals surface area contributed by atoms with Gasteiger partial charge in [-0.1, -0.05) is 11.6 Å². The molecule has 26 heavy (non-hydrogen) atoms. The van der Waals surface area contributed by atoms with E-state index in [1.54, 1.807) is 6.92 Å². The highest BCUT2D eigenvalue weighted by molar-refractivity contribution is 7.89. The monoisotopic (exact) mass is 399 g/mol. The molecule has 0 bridgehead atoms. The van der Waals surface area contributed by atoms with Gasteiger partial charge < -0.3 is 0 Å². The van der Waals surface area contributed by atoms with E-state index in [1.165, 1.54) is 23.9 Å². The van der Waals surface area contributed by atoms with Crippen LogP contribution in [0.15, 0.2) is 29.2 Å². The van der Waals surface area contributed by atoms with Gasteiger partial charge in [-0.25, -0.2) is 13.1 Å². The number of aryl methyl sites for hydroxylation is 2. The quantitative estimate of drug-likeness (QED) is 0.633. The fourth-order valence-electron chi connectivity index (χ4n) is 2.17. The van der Waals surface area contributed by atoms with Crippen LogP contribution < -0.4 is 15.6 Å². The molecule has 0 fully saturated rings. The lowest BCUT2D eigenvalue weighted by atomic mass is 10.2. The second kappa shape index (κ2) is 7.85. The summed E-state index contributed by atoms with van der Waals surface area (Å²) < 4.78 is 27.4. The van der Waals surface area contributed by atoms with Gasteiger partial charge in [0.2, 0.25) is 10.0 Å². The molecule has 0 spiro atoms. The highest BCUT2D eigenvalue weighted by Crippen LogP contribution is 2.22. The van der Waals surface area contributed by atoms with Crippen molar-refractivity contribution in [1.82, 2.24) is 25.4 Å². The molecule has 1 aromatic heterocycles. The number of hydrogen-bond donors (Lipinski definition) is 3. The molecule has 1 heterocycles. The van der Waals surface area contributed by atoms with Crippen LogP contribution in [-0.2, 0) is 21.4 Å². The number of benzene rings is 1. The molecule has 0 saturated heterocycles. The molecule has 11 heteroatoms. The Kier molecular flexibility index (Phi) is 6.01. The summed E-state index contributed by atoms with van der Waals surface area (Å²) in [5.41, 5.74) is 6.09. The van der Waals surface area contributed by atoms with Crippen LogP contribution in [0.4, 0.5) is 0 Å². The van der Waals surface area contributed by atoms with Gasteiger partial charge in [-0.05, 0) is 45.2 Å². The first-order valence-corrected chi connectivity index (χ1v) is 9.33. The topological polar surface area (TPSA) is 122 Å². The molecule has 2 rings (SSSR count). The molecule has 0 saturated carbocycles. The summed E-state index contributed by atoms with van der Waals surface area (Å²) in [7, 11) is -2.59. The van der Waals surface area contributed by atoms with Crippen LogP contribution in [0.2, 0.25) is 5.02 Å². The van der Waals surface area contributed by atoms with Gasteiger partial charge in [0, 0.05) is 11.3 Å². The maximum absolute atomic E-state index is 12.1. The number of halogens is 1. The van der Waals surface area contributed by atoms with Crippen LogP contribution in [0.25, 0.3) is 0 Å². The third kappa shape index (κ3) is 4.59. The summed E-state index contributed by atoms with van der Waals surface area (Å²) in [6.07, 6.45) is 0. The number of carbonyl (C=O) groups is 2. The minimum Gasteiger partial charge on any atom is -0.271 e. The third-order valence-corrected chi connectivity index (χ3v) is 5.36. The van der Waals surface area contributed by atoms with E-state index in [0.717, 1.165) is 17.5 Å². The van der Waals surface area contributed by atoms with Crippen molar-refractivity contribution < 1.29 is 18.0 Å². The smallest absolute Gasteiger partial charge is 0.269 e. The first-order chi connectivity index (χ1) is 12.1. The lowest BCUT2D eigenvalue weighted by molar-refractivity contribution is -0.122. The maximum atomic E-state index is 12.1. The second-order valence-electron chi connectivity index (χ2n) is 5.44. The average molecular weight is 400 g/mol. The molecule has 140 valence electrons. The van der Waals surface area contributed by atoms with E-state index in [0.29, 0.717) is 0 Å². The molecule has 0 unspecified atom stereocenters. The molecule has 9 nitrogen and oxygen atoms in total. The molecule has 0 aliphatic heterocycles. The predicted octanol–water partition coefficient (Wildman–Crippen LogP) is 0.523. The number of hydrazine groups is 1. The van der Waals surface area contributed by atoms with E-state index >= 15 is 0 Å². The lowest BCUT2D eigenvalue weighted by Gasteiger charge is -2.10. The van der Waals surface area contributed by atoms with Crippen molar-refractivity contribution in [2.45, 2.75) is 25.3 Å². The summed E-state index contributed by atoms with van der Waals surface area (Å²) in [6, 6.07) is 5.58. The standard InChI is InChI=1S/C15H18ClN5O4S/c1-9-6-10(2)21(20-9)8-14(22)18-19-15(23)11-4-5-12(16)13(7-11)26(24,25)17-3/h4-7,17H,8H2,1-3H3,(H,18,22)(H,19,23). The fourth-order valence-corrected chi connectivity index (χ4v) is 3.42. The first kappa shape index (κ1) is 19.9. The highest BCUT2D eigenvalue weighted by Gasteiger charge is 2.19. The average Bonchev–Trinajstić information content (AvgIpc) is 2.90. The Morgan fingerprint density at radius 1 is 1.19 bits per heavy atom. The Morgan fingerprint density at radius 3 is 2.46 bits per heavy atom. The Bertz CT molecular complexity index is 955. The van der Waals surface area contributed by atoms with Gasteiger partial charge in [0.25, 0.3) is 11.8 Å². The minimum absolute atomic E-state index is 0.0228. The number of aromatic nitrogens is 2. The van der Waals surface area contributed by atoms with Gasteiger partial charge >= 0.3 is 0 Å². The molecular formula is C15H18ClN5O4S. The number of sulfonamides is 1. The Hall–Kier alpha value is -2.43. The molecule has 0 aliphatic rings. The second-order valence-corrected chi connectivity index (χ2v) is 7.70. The van der Waals surface area contributed by atoms with Gasteiger partial charge in [-0.2, -0.15) is 5.10 Å². The normalized spacial score (nSPS) is 11.2. The molecule has 3 N–H and O–H groups in total.